The Labute approximate surface area is 161 Å². The molecule has 27 heavy (non-hydrogen) atoms. The zero-order valence-corrected chi connectivity index (χ0v) is 16.6. The molecule has 2 amide bonds. The van der Waals surface area contributed by atoms with Crippen LogP contribution in [0, 0.1) is 5.41 Å². The van der Waals surface area contributed by atoms with Gasteiger partial charge in [0.1, 0.15) is 6.04 Å². The fourth-order valence-corrected chi connectivity index (χ4v) is 4.08. The van der Waals surface area contributed by atoms with Gasteiger partial charge in [-0.05, 0) is 42.2 Å². The fraction of sp³-hybridized carbons (Fsp3) is 0.619. The fourth-order valence-electron chi connectivity index (χ4n) is 4.08. The molecule has 1 fully saturated rings. The number of hydrogen-bond donors (Lipinski definition) is 3. The molecule has 0 bridgehead atoms. The van der Waals surface area contributed by atoms with Crippen LogP contribution in [0.1, 0.15) is 57.2 Å². The van der Waals surface area contributed by atoms with Gasteiger partial charge < -0.3 is 21.7 Å². The summed E-state index contributed by atoms with van der Waals surface area (Å²) in [6, 6.07) is 6.84. The molecule has 6 nitrogen and oxygen atoms in total. The summed E-state index contributed by atoms with van der Waals surface area (Å²) < 4.78 is 0. The highest BCUT2D eigenvalue weighted by Gasteiger charge is 2.42. The van der Waals surface area contributed by atoms with Crippen LogP contribution in [0.15, 0.2) is 24.3 Å². The van der Waals surface area contributed by atoms with E-state index in [1.54, 1.807) is 4.90 Å². The third-order valence-electron chi connectivity index (χ3n) is 5.80. The predicted octanol–water partition coefficient (Wildman–Crippen LogP) is 1.48. The number of amides is 2. The number of nitrogens with one attached hydrogen (secondary N) is 1. The first-order valence-electron chi connectivity index (χ1n) is 9.88. The summed E-state index contributed by atoms with van der Waals surface area (Å²) in [5.41, 5.74) is 14.4. The minimum atomic E-state index is -0.659. The molecule has 1 aliphatic heterocycles. The smallest absolute Gasteiger partial charge is 0.243 e. The number of aryl methyl sites for hydroxylation is 1. The van der Waals surface area contributed by atoms with E-state index in [1.807, 2.05) is 32.9 Å². The van der Waals surface area contributed by atoms with Crippen LogP contribution in [0.4, 0.5) is 0 Å². The molecule has 4 atom stereocenters. The van der Waals surface area contributed by atoms with E-state index in [-0.39, 0.29) is 29.3 Å². The van der Waals surface area contributed by atoms with Crippen LogP contribution >= 0.6 is 0 Å². The Morgan fingerprint density at radius 2 is 1.96 bits per heavy atom. The van der Waals surface area contributed by atoms with Crippen molar-refractivity contribution in [3.05, 3.63) is 35.4 Å². The van der Waals surface area contributed by atoms with Gasteiger partial charge in [0.05, 0.1) is 12.1 Å². The van der Waals surface area contributed by atoms with Gasteiger partial charge in [-0.1, -0.05) is 45.0 Å². The van der Waals surface area contributed by atoms with Crippen molar-refractivity contribution in [2.24, 2.45) is 16.9 Å². The van der Waals surface area contributed by atoms with Crippen LogP contribution in [0.3, 0.4) is 0 Å². The second kappa shape index (κ2) is 7.60. The van der Waals surface area contributed by atoms with Gasteiger partial charge in [-0.2, -0.15) is 0 Å². The van der Waals surface area contributed by atoms with Gasteiger partial charge in [-0.15, -0.1) is 0 Å². The molecule has 2 aliphatic rings. The Kier molecular flexibility index (Phi) is 5.58. The molecule has 1 heterocycles. The number of likely N-dealkylation sites (tertiary alicyclic amines) is 1. The molecule has 148 valence electrons. The molecular formula is C21H32N4O2. The number of carbonyl (C=O) groups is 2. The normalized spacial score (nSPS) is 26.4. The van der Waals surface area contributed by atoms with Gasteiger partial charge in [0, 0.05) is 12.6 Å². The maximum atomic E-state index is 13.1. The highest BCUT2D eigenvalue weighted by molar-refractivity contribution is 5.91. The number of carbonyl (C=O) groups excluding carboxylic acids is 2. The minimum Gasteiger partial charge on any atom is -0.347 e. The van der Waals surface area contributed by atoms with Crippen molar-refractivity contribution < 1.29 is 9.59 Å². The van der Waals surface area contributed by atoms with Gasteiger partial charge in [0.15, 0.2) is 0 Å². The number of hydrogen-bond acceptors (Lipinski definition) is 4. The van der Waals surface area contributed by atoms with Crippen molar-refractivity contribution in [3.8, 4) is 0 Å². The van der Waals surface area contributed by atoms with E-state index in [2.05, 4.69) is 17.4 Å². The molecule has 0 aromatic heterocycles. The van der Waals surface area contributed by atoms with Gasteiger partial charge in [-0.3, -0.25) is 9.59 Å². The lowest BCUT2D eigenvalue weighted by molar-refractivity contribution is -0.141. The molecule has 0 unspecified atom stereocenters. The first-order valence-corrected chi connectivity index (χ1v) is 9.88. The predicted molar refractivity (Wildman–Crippen MR) is 106 cm³/mol. The lowest BCUT2D eigenvalue weighted by Crippen LogP contribution is -2.55. The molecule has 0 spiro atoms. The second-order valence-corrected chi connectivity index (χ2v) is 9.00. The van der Waals surface area contributed by atoms with Gasteiger partial charge in [0.2, 0.25) is 11.8 Å². The highest BCUT2D eigenvalue weighted by atomic mass is 16.2. The van der Waals surface area contributed by atoms with Crippen molar-refractivity contribution in [3.63, 3.8) is 0 Å². The quantitative estimate of drug-likeness (QED) is 0.748. The standard InChI is InChI=1S/C21H32N4O2/c1-21(2,3)18(23)20(27)25-12-14(22)11-17(25)19(26)24-16-10-6-8-13-7-4-5-9-15(13)16/h4-5,7,9,14,16-18H,6,8,10-12,22-23H2,1-3H3,(H,24,26)/t14-,16+,17-,18+/m0/s1. The molecule has 1 aromatic carbocycles. The Morgan fingerprint density at radius 3 is 2.67 bits per heavy atom. The average Bonchev–Trinajstić information content (AvgIpc) is 3.02. The lowest BCUT2D eigenvalue weighted by atomic mass is 9.86. The Bertz CT molecular complexity index is 712. The van der Waals surface area contributed by atoms with E-state index in [4.69, 9.17) is 11.5 Å². The molecule has 1 aliphatic carbocycles. The summed E-state index contributed by atoms with van der Waals surface area (Å²) in [7, 11) is 0. The van der Waals surface area contributed by atoms with Crippen molar-refractivity contribution >= 4 is 11.8 Å². The number of rotatable bonds is 3. The van der Waals surface area contributed by atoms with Crippen LogP contribution in [0.5, 0.6) is 0 Å². The largest absolute Gasteiger partial charge is 0.347 e. The minimum absolute atomic E-state index is 0.00693. The second-order valence-electron chi connectivity index (χ2n) is 9.00. The summed E-state index contributed by atoms with van der Waals surface area (Å²) in [6.45, 7) is 6.17. The number of nitrogens with two attached hydrogens (primary N) is 2. The maximum absolute atomic E-state index is 13.1. The molecule has 1 saturated heterocycles. The van der Waals surface area contributed by atoms with Gasteiger partial charge in [-0.25, -0.2) is 0 Å². The molecule has 0 saturated carbocycles. The monoisotopic (exact) mass is 372 g/mol. The summed E-state index contributed by atoms with van der Waals surface area (Å²) in [5.74, 6) is -0.321. The number of nitrogens with zero attached hydrogens (tertiary/aromatic N) is 1. The van der Waals surface area contributed by atoms with E-state index in [9.17, 15) is 9.59 Å². The Hall–Kier alpha value is -1.92. The van der Waals surface area contributed by atoms with Crippen molar-refractivity contribution in [1.29, 1.82) is 0 Å². The first kappa shape index (κ1) is 19.8. The first-order chi connectivity index (χ1) is 12.7. The summed E-state index contributed by atoms with van der Waals surface area (Å²) in [4.78, 5) is 27.6. The van der Waals surface area contributed by atoms with Crippen molar-refractivity contribution in [2.45, 2.75) is 70.6 Å². The zero-order valence-electron chi connectivity index (χ0n) is 16.6. The van der Waals surface area contributed by atoms with Crippen LogP contribution in [0.25, 0.3) is 0 Å². The van der Waals surface area contributed by atoms with Crippen LogP contribution < -0.4 is 16.8 Å². The Morgan fingerprint density at radius 1 is 1.26 bits per heavy atom. The summed E-state index contributed by atoms with van der Waals surface area (Å²) in [6.07, 6.45) is 3.48. The SMILES string of the molecule is CC(C)(C)[C@H](N)C(=O)N1C[C@@H](N)C[C@H]1C(=O)N[C@@H]1CCCc2ccccc21. The number of fused-ring (bicyclic) bond motifs is 1. The zero-order chi connectivity index (χ0) is 19.8. The van der Waals surface area contributed by atoms with E-state index < -0.39 is 12.1 Å². The molecule has 0 radical (unpaired) electrons. The third-order valence-corrected chi connectivity index (χ3v) is 5.80. The summed E-state index contributed by atoms with van der Waals surface area (Å²) >= 11 is 0. The van der Waals surface area contributed by atoms with Crippen LogP contribution in [-0.2, 0) is 16.0 Å². The van der Waals surface area contributed by atoms with Gasteiger partial charge >= 0.3 is 0 Å². The van der Waals surface area contributed by atoms with Crippen molar-refractivity contribution in [2.75, 3.05) is 6.54 Å². The topological polar surface area (TPSA) is 101 Å². The van der Waals surface area contributed by atoms with Crippen LogP contribution in [0.2, 0.25) is 0 Å². The Balaban J connectivity index is 1.74. The van der Waals surface area contributed by atoms with Gasteiger partial charge in [0.25, 0.3) is 0 Å². The molecule has 3 rings (SSSR count). The lowest BCUT2D eigenvalue weighted by Gasteiger charge is -2.33. The van der Waals surface area contributed by atoms with E-state index >= 15 is 0 Å². The summed E-state index contributed by atoms with van der Waals surface area (Å²) in [5, 5.41) is 3.17. The molecule has 1 aromatic rings. The molecule has 5 N–H and O–H groups in total. The highest BCUT2D eigenvalue weighted by Crippen LogP contribution is 2.30. The van der Waals surface area contributed by atoms with E-state index in [0.717, 1.165) is 19.3 Å². The average molecular weight is 373 g/mol. The van der Waals surface area contributed by atoms with E-state index in [0.29, 0.717) is 13.0 Å². The molecular weight excluding hydrogens is 340 g/mol. The third kappa shape index (κ3) is 4.17. The maximum Gasteiger partial charge on any atom is 0.243 e. The van der Waals surface area contributed by atoms with Crippen LogP contribution in [-0.4, -0.2) is 41.4 Å². The van der Waals surface area contributed by atoms with E-state index in [1.165, 1.54) is 11.1 Å². The molecule has 6 heteroatoms. The van der Waals surface area contributed by atoms with Crippen molar-refractivity contribution in [1.82, 2.24) is 10.2 Å². The number of benzene rings is 1.